The molecule has 1 amide bonds. The van der Waals surface area contributed by atoms with Gasteiger partial charge in [0.05, 0.1) is 28.3 Å². The normalized spacial score (nSPS) is 19.7. The number of rotatable bonds is 5. The van der Waals surface area contributed by atoms with Crippen LogP contribution in [0.2, 0.25) is 0 Å². The lowest BCUT2D eigenvalue weighted by Crippen LogP contribution is -2.42. The van der Waals surface area contributed by atoms with E-state index in [9.17, 15) is 23.0 Å². The van der Waals surface area contributed by atoms with Crippen molar-refractivity contribution in [3.63, 3.8) is 0 Å². The molecule has 0 bridgehead atoms. The second-order valence-electron chi connectivity index (χ2n) is 10.7. The van der Waals surface area contributed by atoms with E-state index < -0.39 is 47.6 Å². The topological polar surface area (TPSA) is 116 Å². The molecular formula is C24H30BF3N4O5. The Morgan fingerprint density at radius 3 is 2.43 bits per heavy atom. The summed E-state index contributed by atoms with van der Waals surface area (Å²) in [6.45, 7) is 9.50. The molecule has 4 rings (SSSR count). The van der Waals surface area contributed by atoms with Crippen LogP contribution in [0.5, 0.6) is 0 Å². The fourth-order valence-electron chi connectivity index (χ4n) is 4.88. The summed E-state index contributed by atoms with van der Waals surface area (Å²) < 4.78 is 52.0. The largest absolute Gasteiger partial charge is 0.798 e. The van der Waals surface area contributed by atoms with Crippen molar-refractivity contribution >= 4 is 41.8 Å². The lowest BCUT2D eigenvalue weighted by Gasteiger charge is -2.26. The zero-order valence-electron chi connectivity index (χ0n) is 21.4. The number of amides is 1. The number of ether oxygens (including phenoxy) is 1. The van der Waals surface area contributed by atoms with Crippen molar-refractivity contribution in [3.8, 4) is 0 Å². The minimum atomic E-state index is -3.41. The third-order valence-electron chi connectivity index (χ3n) is 6.65. The summed E-state index contributed by atoms with van der Waals surface area (Å²) in [7, 11) is -3.41. The molecule has 13 heteroatoms. The summed E-state index contributed by atoms with van der Waals surface area (Å²) in [6.07, 6.45) is 2.08. The highest BCUT2D eigenvalue weighted by molar-refractivity contribution is 6.38. The van der Waals surface area contributed by atoms with Crippen LogP contribution in [-0.4, -0.2) is 48.8 Å². The molecule has 1 saturated carbocycles. The summed E-state index contributed by atoms with van der Waals surface area (Å²) in [5.74, 6) is -2.41. The van der Waals surface area contributed by atoms with Crippen molar-refractivity contribution in [2.75, 3.05) is 23.7 Å². The van der Waals surface area contributed by atoms with Gasteiger partial charge >= 0.3 is 19.5 Å². The van der Waals surface area contributed by atoms with Crippen molar-refractivity contribution < 1.29 is 32.0 Å². The van der Waals surface area contributed by atoms with Crippen LogP contribution >= 0.6 is 0 Å². The molecule has 0 radical (unpaired) electrons. The number of aryl methyl sites for hydroxylation is 1. The van der Waals surface area contributed by atoms with Gasteiger partial charge in [-0.15, -0.1) is 0 Å². The van der Waals surface area contributed by atoms with Crippen molar-refractivity contribution in [1.29, 1.82) is 0 Å². The molecule has 2 heterocycles. The summed E-state index contributed by atoms with van der Waals surface area (Å²) in [5.41, 5.74) is 4.33. The number of halogens is 3. The molecule has 2 aliphatic rings. The number of nitrogen functional groups attached to an aromatic ring is 1. The smallest absolute Gasteiger partial charge is 0.474 e. The van der Waals surface area contributed by atoms with Crippen LogP contribution < -0.4 is 21.4 Å². The molecule has 0 unspecified atom stereocenters. The van der Waals surface area contributed by atoms with Crippen molar-refractivity contribution in [1.82, 2.24) is 9.88 Å². The van der Waals surface area contributed by atoms with Crippen LogP contribution in [-0.2, 0) is 9.39 Å². The number of aromatic nitrogens is 1. The fourth-order valence-corrected chi connectivity index (χ4v) is 4.88. The minimum absolute atomic E-state index is 0.0552. The van der Waals surface area contributed by atoms with E-state index in [2.05, 4.69) is 9.97 Å². The number of hydrogen-bond acceptors (Lipinski definition) is 7. The first kappa shape index (κ1) is 26.7. The van der Waals surface area contributed by atoms with Gasteiger partial charge in [-0.1, -0.05) is 6.92 Å². The summed E-state index contributed by atoms with van der Waals surface area (Å²) >= 11 is 0. The van der Waals surface area contributed by atoms with E-state index in [1.54, 1.807) is 37.2 Å². The molecule has 1 saturated heterocycles. The molecule has 2 atom stereocenters. The molecule has 9 nitrogen and oxygen atoms in total. The highest BCUT2D eigenvalue weighted by atomic mass is 19.2. The number of anilines is 2. The summed E-state index contributed by atoms with van der Waals surface area (Å²) in [4.78, 5) is 39.5. The average Bonchev–Trinajstić information content (AvgIpc) is 3.54. The Morgan fingerprint density at radius 2 is 1.86 bits per heavy atom. The SMILES string of the molecule is Cc1c(N2C[C@@H](C)[C@@H](NC(=O)OC(C)(C)C)C2)c(F)c(N)c2c(=O)c(C(=O)OB(F)F)cn(C3CC3)c12. The van der Waals surface area contributed by atoms with E-state index in [0.717, 1.165) is 12.8 Å². The maximum atomic E-state index is 15.8. The Labute approximate surface area is 212 Å². The first-order valence-electron chi connectivity index (χ1n) is 12.1. The zero-order valence-corrected chi connectivity index (χ0v) is 21.4. The molecule has 1 aromatic carbocycles. The second-order valence-corrected chi connectivity index (χ2v) is 10.7. The number of nitrogens with two attached hydrogens (primary N) is 1. The number of benzene rings is 1. The number of alkyl carbamates (subject to hydrolysis) is 1. The number of carbonyl (C=O) groups excluding carboxylic acids is 2. The molecule has 1 aromatic heterocycles. The van der Waals surface area contributed by atoms with Crippen LogP contribution in [0, 0.1) is 18.7 Å². The number of hydrogen-bond donors (Lipinski definition) is 2. The highest BCUT2D eigenvalue weighted by Gasteiger charge is 2.37. The molecule has 1 aliphatic heterocycles. The Balaban J connectivity index is 1.78. The Hall–Kier alpha value is -3.38. The molecule has 0 spiro atoms. The van der Waals surface area contributed by atoms with Crippen molar-refractivity contribution in [2.24, 2.45) is 5.92 Å². The van der Waals surface area contributed by atoms with Crippen LogP contribution in [0.1, 0.15) is 62.5 Å². The zero-order chi connectivity index (χ0) is 27.4. The van der Waals surface area contributed by atoms with Gasteiger partial charge < -0.3 is 29.9 Å². The molecule has 37 heavy (non-hydrogen) atoms. The Morgan fingerprint density at radius 1 is 1.22 bits per heavy atom. The van der Waals surface area contributed by atoms with Crippen LogP contribution in [0.4, 0.5) is 29.2 Å². The number of carbonyl (C=O) groups is 2. The molecule has 3 N–H and O–H groups in total. The Kier molecular flexibility index (Phi) is 6.85. The third-order valence-corrected chi connectivity index (χ3v) is 6.65. The fraction of sp³-hybridized carbons (Fsp3) is 0.542. The van der Waals surface area contributed by atoms with Gasteiger partial charge in [-0.2, -0.15) is 0 Å². The van der Waals surface area contributed by atoms with Gasteiger partial charge in [-0.3, -0.25) is 4.79 Å². The lowest BCUT2D eigenvalue weighted by atomic mass is 10.0. The predicted molar refractivity (Wildman–Crippen MR) is 134 cm³/mol. The van der Waals surface area contributed by atoms with Gasteiger partial charge in [-0.05, 0) is 52.0 Å². The monoisotopic (exact) mass is 522 g/mol. The third kappa shape index (κ3) is 5.21. The number of nitrogens with zero attached hydrogens (tertiary/aromatic N) is 2. The minimum Gasteiger partial charge on any atom is -0.474 e. The molecule has 1 aliphatic carbocycles. The summed E-state index contributed by atoms with van der Waals surface area (Å²) in [5, 5.41) is 2.59. The van der Waals surface area contributed by atoms with Gasteiger partial charge in [0, 0.05) is 25.3 Å². The Bertz CT molecular complexity index is 1320. The van der Waals surface area contributed by atoms with E-state index in [1.807, 2.05) is 6.92 Å². The van der Waals surface area contributed by atoms with E-state index in [1.165, 1.54) is 6.20 Å². The number of pyridine rings is 1. The van der Waals surface area contributed by atoms with Gasteiger partial charge in [0.25, 0.3) is 0 Å². The van der Waals surface area contributed by atoms with Crippen LogP contribution in [0.15, 0.2) is 11.0 Å². The molecule has 2 aromatic rings. The summed E-state index contributed by atoms with van der Waals surface area (Å²) in [6, 6.07) is -0.431. The lowest BCUT2D eigenvalue weighted by molar-refractivity contribution is 0.0499. The van der Waals surface area contributed by atoms with Gasteiger partial charge in [0.15, 0.2) is 5.82 Å². The van der Waals surface area contributed by atoms with E-state index in [4.69, 9.17) is 10.5 Å². The van der Waals surface area contributed by atoms with E-state index in [-0.39, 0.29) is 35.6 Å². The number of fused-ring (bicyclic) bond motifs is 1. The van der Waals surface area contributed by atoms with E-state index in [0.29, 0.717) is 17.6 Å². The van der Waals surface area contributed by atoms with Crippen molar-refractivity contribution in [3.05, 3.63) is 33.4 Å². The first-order chi connectivity index (χ1) is 17.2. The first-order valence-corrected chi connectivity index (χ1v) is 12.1. The van der Waals surface area contributed by atoms with Crippen LogP contribution in [0.3, 0.4) is 0 Å². The predicted octanol–water partition coefficient (Wildman–Crippen LogP) is 3.80. The average molecular weight is 522 g/mol. The second kappa shape index (κ2) is 9.49. The number of nitrogens with one attached hydrogen (secondary N) is 1. The molecule has 200 valence electrons. The maximum Gasteiger partial charge on any atom is 0.798 e. The van der Waals surface area contributed by atoms with Gasteiger partial charge in [-0.25, -0.2) is 22.6 Å². The standard InChI is InChI=1S/C24H30BF3N4O5/c1-11-8-31(10-15(11)30-23(35)36-24(3,4)5)20-12(2)19-16(18(29)17(20)26)21(33)14(22(34)37-25(27)28)9-32(19)13-6-7-13/h9,11,13,15H,6-8,10,29H2,1-5H3,(H,30,35)/t11-,15+/m1/s1. The highest BCUT2D eigenvalue weighted by Crippen LogP contribution is 2.43. The quantitative estimate of drug-likeness (QED) is 0.454. The van der Waals surface area contributed by atoms with E-state index >= 15 is 4.39 Å². The van der Waals surface area contributed by atoms with Gasteiger partial charge in [0.2, 0.25) is 5.43 Å². The molecule has 2 fully saturated rings. The maximum absolute atomic E-state index is 15.8. The molecular weight excluding hydrogens is 492 g/mol. The van der Waals surface area contributed by atoms with Crippen LogP contribution in [0.25, 0.3) is 10.9 Å². The van der Waals surface area contributed by atoms with Crippen molar-refractivity contribution in [2.45, 2.75) is 65.1 Å². The van der Waals surface area contributed by atoms with Gasteiger partial charge in [0.1, 0.15) is 11.2 Å².